The SMILES string of the molecule is CCNC(=NCc1nccn1CCc1ccccc1)NC1CCc2nc(COC)nn2C1. The van der Waals surface area contributed by atoms with E-state index in [1.165, 1.54) is 5.56 Å². The normalized spacial score (nSPS) is 16.1. The lowest BCUT2D eigenvalue weighted by Crippen LogP contribution is -2.47. The Morgan fingerprint density at radius 1 is 1.28 bits per heavy atom. The molecule has 3 heterocycles. The van der Waals surface area contributed by atoms with E-state index in [0.717, 1.165) is 62.3 Å². The van der Waals surface area contributed by atoms with Gasteiger partial charge in [0.1, 0.15) is 24.8 Å². The van der Waals surface area contributed by atoms with Crippen molar-refractivity contribution in [3.8, 4) is 0 Å². The Balaban J connectivity index is 1.36. The Labute approximate surface area is 188 Å². The standard InChI is InChI=1S/C23H32N8O/c1-3-24-23(27-19-9-10-21-28-20(17-32-2)29-31(21)16-19)26-15-22-25-12-14-30(22)13-11-18-7-5-4-6-8-18/h4-8,12,14,19H,3,9-11,13,15-17H2,1-2H3,(H2,24,26,27). The molecular formula is C23H32N8O. The van der Waals surface area contributed by atoms with Crippen molar-refractivity contribution in [2.45, 2.75) is 58.5 Å². The lowest BCUT2D eigenvalue weighted by Gasteiger charge is -2.25. The number of nitrogens with one attached hydrogen (secondary N) is 2. The lowest BCUT2D eigenvalue weighted by molar-refractivity contribution is 0.177. The Hall–Kier alpha value is -3.20. The molecule has 2 aromatic heterocycles. The highest BCUT2D eigenvalue weighted by Gasteiger charge is 2.22. The topological polar surface area (TPSA) is 94.2 Å². The molecule has 2 N–H and O–H groups in total. The zero-order valence-electron chi connectivity index (χ0n) is 18.9. The van der Waals surface area contributed by atoms with Gasteiger partial charge in [-0.25, -0.2) is 19.6 Å². The number of nitrogens with zero attached hydrogens (tertiary/aromatic N) is 6. The molecule has 0 bridgehead atoms. The second-order valence-corrected chi connectivity index (χ2v) is 7.91. The maximum absolute atomic E-state index is 5.16. The maximum Gasteiger partial charge on any atom is 0.191 e. The number of hydrogen-bond acceptors (Lipinski definition) is 5. The van der Waals surface area contributed by atoms with Crippen LogP contribution in [0.3, 0.4) is 0 Å². The van der Waals surface area contributed by atoms with Crippen LogP contribution < -0.4 is 10.6 Å². The van der Waals surface area contributed by atoms with E-state index in [1.54, 1.807) is 7.11 Å². The number of hydrogen-bond donors (Lipinski definition) is 2. The molecule has 0 aliphatic carbocycles. The van der Waals surface area contributed by atoms with Crippen molar-refractivity contribution in [2.24, 2.45) is 4.99 Å². The summed E-state index contributed by atoms with van der Waals surface area (Å²) >= 11 is 0. The average Bonchev–Trinajstić information content (AvgIpc) is 3.43. The molecule has 3 aromatic rings. The summed E-state index contributed by atoms with van der Waals surface area (Å²) in [6.07, 6.45) is 6.72. The lowest BCUT2D eigenvalue weighted by atomic mass is 10.1. The number of benzene rings is 1. The van der Waals surface area contributed by atoms with E-state index in [2.05, 4.69) is 61.5 Å². The van der Waals surface area contributed by atoms with Gasteiger partial charge in [-0.2, -0.15) is 5.10 Å². The van der Waals surface area contributed by atoms with Crippen molar-refractivity contribution in [1.29, 1.82) is 0 Å². The molecule has 0 fully saturated rings. The van der Waals surface area contributed by atoms with Crippen LogP contribution in [0.2, 0.25) is 0 Å². The largest absolute Gasteiger partial charge is 0.377 e. The molecule has 170 valence electrons. The van der Waals surface area contributed by atoms with Crippen LogP contribution >= 0.6 is 0 Å². The fraction of sp³-hybridized carbons (Fsp3) is 0.478. The number of aliphatic imine (C=N–C) groups is 1. The van der Waals surface area contributed by atoms with Crippen LogP contribution in [-0.2, 0) is 43.8 Å². The van der Waals surface area contributed by atoms with Crippen molar-refractivity contribution in [2.75, 3.05) is 13.7 Å². The predicted octanol–water partition coefficient (Wildman–Crippen LogP) is 1.93. The van der Waals surface area contributed by atoms with E-state index in [-0.39, 0.29) is 6.04 Å². The van der Waals surface area contributed by atoms with Gasteiger partial charge in [0.2, 0.25) is 0 Å². The van der Waals surface area contributed by atoms with E-state index >= 15 is 0 Å². The Morgan fingerprint density at radius 3 is 2.97 bits per heavy atom. The molecule has 1 aliphatic heterocycles. The van der Waals surface area contributed by atoms with Crippen LogP contribution in [0.1, 0.15) is 36.4 Å². The Bertz CT molecular complexity index is 1010. The molecule has 0 spiro atoms. The summed E-state index contributed by atoms with van der Waals surface area (Å²) in [6.45, 7) is 5.50. The third-order valence-corrected chi connectivity index (χ3v) is 5.52. The van der Waals surface area contributed by atoms with E-state index < -0.39 is 0 Å². The van der Waals surface area contributed by atoms with Crippen LogP contribution in [-0.4, -0.2) is 50.0 Å². The van der Waals surface area contributed by atoms with Crippen molar-refractivity contribution < 1.29 is 4.74 Å². The molecule has 4 rings (SSSR count). The van der Waals surface area contributed by atoms with Crippen molar-refractivity contribution in [3.05, 3.63) is 65.8 Å². The zero-order valence-corrected chi connectivity index (χ0v) is 18.9. The van der Waals surface area contributed by atoms with Crippen LogP contribution in [0.5, 0.6) is 0 Å². The van der Waals surface area contributed by atoms with Gasteiger partial charge in [-0.1, -0.05) is 30.3 Å². The summed E-state index contributed by atoms with van der Waals surface area (Å²) in [5.74, 6) is 3.53. The third kappa shape index (κ3) is 5.73. The number of rotatable bonds is 9. The van der Waals surface area contributed by atoms with Gasteiger partial charge in [0.25, 0.3) is 0 Å². The van der Waals surface area contributed by atoms with Gasteiger partial charge >= 0.3 is 0 Å². The summed E-state index contributed by atoms with van der Waals surface area (Å²) in [5, 5.41) is 11.5. The molecule has 0 saturated heterocycles. The van der Waals surface area contributed by atoms with Crippen molar-refractivity contribution in [1.82, 2.24) is 34.9 Å². The van der Waals surface area contributed by atoms with Crippen molar-refractivity contribution in [3.63, 3.8) is 0 Å². The molecule has 1 aliphatic rings. The third-order valence-electron chi connectivity index (χ3n) is 5.52. The molecule has 9 heteroatoms. The van der Waals surface area contributed by atoms with Crippen LogP contribution in [0.25, 0.3) is 0 Å². The smallest absolute Gasteiger partial charge is 0.191 e. The summed E-state index contributed by atoms with van der Waals surface area (Å²) in [6, 6.07) is 10.8. The highest BCUT2D eigenvalue weighted by Crippen LogP contribution is 2.13. The maximum atomic E-state index is 5.16. The number of methoxy groups -OCH3 is 1. The van der Waals surface area contributed by atoms with Gasteiger partial charge in [-0.3, -0.25) is 0 Å². The predicted molar refractivity (Wildman–Crippen MR) is 123 cm³/mol. The first kappa shape index (κ1) is 22.0. The molecular weight excluding hydrogens is 404 g/mol. The summed E-state index contributed by atoms with van der Waals surface area (Å²) < 4.78 is 9.32. The minimum atomic E-state index is 0.246. The summed E-state index contributed by atoms with van der Waals surface area (Å²) in [7, 11) is 1.66. The van der Waals surface area contributed by atoms with Gasteiger partial charge in [0, 0.05) is 45.1 Å². The number of aryl methyl sites for hydroxylation is 3. The van der Waals surface area contributed by atoms with Crippen LogP contribution in [0, 0.1) is 0 Å². The molecule has 32 heavy (non-hydrogen) atoms. The summed E-state index contributed by atoms with van der Waals surface area (Å²) in [5.41, 5.74) is 1.32. The van der Waals surface area contributed by atoms with Gasteiger partial charge in [0.15, 0.2) is 11.8 Å². The first-order valence-corrected chi connectivity index (χ1v) is 11.3. The molecule has 0 amide bonds. The zero-order chi connectivity index (χ0) is 22.2. The second kappa shape index (κ2) is 10.9. The van der Waals surface area contributed by atoms with Gasteiger partial charge in [0.05, 0.1) is 6.54 Å². The number of imidazole rings is 1. The van der Waals surface area contributed by atoms with E-state index in [9.17, 15) is 0 Å². The first-order chi connectivity index (χ1) is 15.7. The highest BCUT2D eigenvalue weighted by atomic mass is 16.5. The van der Waals surface area contributed by atoms with Crippen LogP contribution in [0.4, 0.5) is 0 Å². The van der Waals surface area contributed by atoms with Gasteiger partial charge < -0.3 is 19.9 Å². The average molecular weight is 437 g/mol. The molecule has 9 nitrogen and oxygen atoms in total. The molecule has 0 saturated carbocycles. The number of fused-ring (bicyclic) bond motifs is 1. The monoisotopic (exact) mass is 436 g/mol. The van der Waals surface area contributed by atoms with E-state index in [1.807, 2.05) is 23.1 Å². The van der Waals surface area contributed by atoms with Gasteiger partial charge in [-0.05, 0) is 25.3 Å². The first-order valence-electron chi connectivity index (χ1n) is 11.3. The molecule has 0 radical (unpaired) electrons. The quantitative estimate of drug-likeness (QED) is 0.393. The Morgan fingerprint density at radius 2 is 2.16 bits per heavy atom. The minimum Gasteiger partial charge on any atom is -0.377 e. The van der Waals surface area contributed by atoms with Crippen molar-refractivity contribution >= 4 is 5.96 Å². The summed E-state index contributed by atoms with van der Waals surface area (Å²) in [4.78, 5) is 13.9. The number of aromatic nitrogens is 5. The number of ether oxygens (including phenoxy) is 1. The molecule has 1 unspecified atom stereocenters. The van der Waals surface area contributed by atoms with E-state index in [0.29, 0.717) is 13.2 Å². The molecule has 1 atom stereocenters. The van der Waals surface area contributed by atoms with Crippen LogP contribution in [0.15, 0.2) is 47.7 Å². The fourth-order valence-corrected chi connectivity index (χ4v) is 3.92. The Kier molecular flexibility index (Phi) is 7.50. The highest BCUT2D eigenvalue weighted by molar-refractivity contribution is 5.80. The fourth-order valence-electron chi connectivity index (χ4n) is 3.92. The van der Waals surface area contributed by atoms with Gasteiger partial charge in [-0.15, -0.1) is 0 Å². The number of guanidine groups is 1. The second-order valence-electron chi connectivity index (χ2n) is 7.91. The van der Waals surface area contributed by atoms with E-state index in [4.69, 9.17) is 9.73 Å². The molecule has 1 aromatic carbocycles. The minimum absolute atomic E-state index is 0.246.